The Hall–Kier alpha value is -1.10. The summed E-state index contributed by atoms with van der Waals surface area (Å²) in [6.45, 7) is 6.25. The van der Waals surface area contributed by atoms with Gasteiger partial charge < -0.3 is 16.0 Å². The number of hydrogen-bond acceptors (Lipinski definition) is 3. The van der Waals surface area contributed by atoms with Crippen molar-refractivity contribution in [3.8, 4) is 0 Å². The van der Waals surface area contributed by atoms with Gasteiger partial charge in [0.05, 0.1) is 12.6 Å². The molecule has 0 rings (SSSR count). The Morgan fingerprint density at radius 2 is 1.93 bits per heavy atom. The Balaban J connectivity index is 3.96. The summed E-state index contributed by atoms with van der Waals surface area (Å²) >= 11 is 0. The standard InChI is InChI=1S/C10H21N3O2/c1-5-13(4)8(14)6-12-10(15)9(11)7(2)3/h7,9H,5-6,11H2,1-4H3,(H,12,15)/t9-/m0/s1. The molecular formula is C10H21N3O2. The van der Waals surface area contributed by atoms with Crippen LogP contribution in [0.5, 0.6) is 0 Å². The summed E-state index contributed by atoms with van der Waals surface area (Å²) in [5, 5.41) is 2.52. The number of nitrogens with one attached hydrogen (secondary N) is 1. The maximum atomic E-state index is 11.4. The Morgan fingerprint density at radius 3 is 2.33 bits per heavy atom. The molecule has 5 nitrogen and oxygen atoms in total. The summed E-state index contributed by atoms with van der Waals surface area (Å²) in [7, 11) is 1.69. The first kappa shape index (κ1) is 13.9. The van der Waals surface area contributed by atoms with Crippen molar-refractivity contribution in [1.82, 2.24) is 10.2 Å². The molecule has 15 heavy (non-hydrogen) atoms. The van der Waals surface area contributed by atoms with Crippen LogP contribution in [0, 0.1) is 5.92 Å². The first-order chi connectivity index (χ1) is 6.90. The number of amides is 2. The molecule has 3 N–H and O–H groups in total. The minimum Gasteiger partial charge on any atom is -0.346 e. The minimum absolute atomic E-state index is 0.0175. The van der Waals surface area contributed by atoms with E-state index >= 15 is 0 Å². The maximum absolute atomic E-state index is 11.4. The third-order valence-corrected chi connectivity index (χ3v) is 2.33. The molecule has 2 amide bonds. The van der Waals surface area contributed by atoms with E-state index in [2.05, 4.69) is 5.32 Å². The molecule has 0 spiro atoms. The van der Waals surface area contributed by atoms with Crippen LogP contribution in [-0.4, -0.2) is 42.9 Å². The number of carbonyl (C=O) groups is 2. The van der Waals surface area contributed by atoms with Crippen LogP contribution in [0.4, 0.5) is 0 Å². The molecule has 0 heterocycles. The second kappa shape index (κ2) is 6.40. The highest BCUT2D eigenvalue weighted by molar-refractivity contribution is 5.87. The number of rotatable bonds is 5. The molecule has 0 saturated heterocycles. The van der Waals surface area contributed by atoms with Crippen LogP contribution in [0.3, 0.4) is 0 Å². The van der Waals surface area contributed by atoms with E-state index in [1.807, 2.05) is 20.8 Å². The predicted octanol–water partition coefficient (Wildman–Crippen LogP) is -0.436. The monoisotopic (exact) mass is 215 g/mol. The van der Waals surface area contributed by atoms with Crippen LogP contribution in [0.25, 0.3) is 0 Å². The van der Waals surface area contributed by atoms with E-state index in [1.54, 1.807) is 11.9 Å². The largest absolute Gasteiger partial charge is 0.346 e. The first-order valence-electron chi connectivity index (χ1n) is 5.17. The minimum atomic E-state index is -0.551. The Bertz CT molecular complexity index is 229. The molecule has 0 aromatic heterocycles. The van der Waals surface area contributed by atoms with Crippen molar-refractivity contribution in [3.05, 3.63) is 0 Å². The van der Waals surface area contributed by atoms with Gasteiger partial charge in [-0.1, -0.05) is 13.8 Å². The van der Waals surface area contributed by atoms with Gasteiger partial charge >= 0.3 is 0 Å². The smallest absolute Gasteiger partial charge is 0.241 e. The van der Waals surface area contributed by atoms with E-state index in [4.69, 9.17) is 5.73 Å². The maximum Gasteiger partial charge on any atom is 0.241 e. The third-order valence-electron chi connectivity index (χ3n) is 2.33. The predicted molar refractivity (Wildman–Crippen MR) is 59.1 cm³/mol. The van der Waals surface area contributed by atoms with Gasteiger partial charge in [-0.25, -0.2) is 0 Å². The van der Waals surface area contributed by atoms with Gasteiger partial charge in [0.1, 0.15) is 0 Å². The molecule has 0 aliphatic rings. The lowest BCUT2D eigenvalue weighted by atomic mass is 10.1. The van der Waals surface area contributed by atoms with E-state index in [0.29, 0.717) is 6.54 Å². The molecule has 0 fully saturated rings. The van der Waals surface area contributed by atoms with E-state index in [0.717, 1.165) is 0 Å². The van der Waals surface area contributed by atoms with Gasteiger partial charge in [0.15, 0.2) is 0 Å². The van der Waals surface area contributed by atoms with Crippen LogP contribution < -0.4 is 11.1 Å². The van der Waals surface area contributed by atoms with E-state index < -0.39 is 6.04 Å². The highest BCUT2D eigenvalue weighted by Crippen LogP contribution is 1.97. The highest BCUT2D eigenvalue weighted by Gasteiger charge is 2.18. The third kappa shape index (κ3) is 4.78. The number of nitrogens with zero attached hydrogens (tertiary/aromatic N) is 1. The molecule has 0 aromatic carbocycles. The highest BCUT2D eigenvalue weighted by atomic mass is 16.2. The molecule has 0 aromatic rings. The molecule has 0 unspecified atom stereocenters. The van der Waals surface area contributed by atoms with Crippen LogP contribution in [-0.2, 0) is 9.59 Å². The fourth-order valence-electron chi connectivity index (χ4n) is 0.895. The summed E-state index contributed by atoms with van der Waals surface area (Å²) in [4.78, 5) is 24.3. The van der Waals surface area contributed by atoms with Crippen LogP contribution >= 0.6 is 0 Å². The van der Waals surface area contributed by atoms with Gasteiger partial charge in [-0.2, -0.15) is 0 Å². The fourth-order valence-corrected chi connectivity index (χ4v) is 0.895. The van der Waals surface area contributed by atoms with E-state index in [9.17, 15) is 9.59 Å². The normalized spacial score (nSPS) is 12.4. The molecular weight excluding hydrogens is 194 g/mol. The van der Waals surface area contributed by atoms with Gasteiger partial charge in [0, 0.05) is 13.6 Å². The molecule has 0 saturated carbocycles. The molecule has 5 heteroatoms. The SMILES string of the molecule is CCN(C)C(=O)CNC(=O)[C@@H](N)C(C)C. The lowest BCUT2D eigenvalue weighted by Crippen LogP contribution is -2.47. The molecule has 0 bridgehead atoms. The lowest BCUT2D eigenvalue weighted by Gasteiger charge is -2.18. The summed E-state index contributed by atoms with van der Waals surface area (Å²) in [6, 6.07) is -0.551. The van der Waals surface area contributed by atoms with Crippen molar-refractivity contribution in [2.75, 3.05) is 20.1 Å². The molecule has 0 aliphatic carbocycles. The molecule has 1 atom stereocenters. The zero-order chi connectivity index (χ0) is 12.0. The van der Waals surface area contributed by atoms with Crippen LogP contribution in [0.2, 0.25) is 0 Å². The molecule has 0 radical (unpaired) electrons. The van der Waals surface area contributed by atoms with Gasteiger partial charge in [0.25, 0.3) is 0 Å². The topological polar surface area (TPSA) is 75.4 Å². The zero-order valence-corrected chi connectivity index (χ0v) is 9.91. The number of likely N-dealkylation sites (N-methyl/N-ethyl adjacent to an activating group) is 1. The fraction of sp³-hybridized carbons (Fsp3) is 0.800. The van der Waals surface area contributed by atoms with Gasteiger partial charge in [-0.15, -0.1) is 0 Å². The number of hydrogen-bond donors (Lipinski definition) is 2. The van der Waals surface area contributed by atoms with Gasteiger partial charge in [-0.05, 0) is 12.8 Å². The van der Waals surface area contributed by atoms with Crippen molar-refractivity contribution >= 4 is 11.8 Å². The quantitative estimate of drug-likeness (QED) is 0.653. The first-order valence-corrected chi connectivity index (χ1v) is 5.17. The van der Waals surface area contributed by atoms with Crippen molar-refractivity contribution in [2.24, 2.45) is 11.7 Å². The van der Waals surface area contributed by atoms with Crippen LogP contribution in [0.15, 0.2) is 0 Å². The summed E-state index contributed by atoms with van der Waals surface area (Å²) in [6.07, 6.45) is 0. The van der Waals surface area contributed by atoms with Crippen molar-refractivity contribution < 1.29 is 9.59 Å². The second-order valence-corrected chi connectivity index (χ2v) is 3.90. The average molecular weight is 215 g/mol. The van der Waals surface area contributed by atoms with Crippen molar-refractivity contribution in [1.29, 1.82) is 0 Å². The van der Waals surface area contributed by atoms with Crippen LogP contribution in [0.1, 0.15) is 20.8 Å². The summed E-state index contributed by atoms with van der Waals surface area (Å²) < 4.78 is 0. The number of carbonyl (C=O) groups excluding carboxylic acids is 2. The van der Waals surface area contributed by atoms with E-state index in [-0.39, 0.29) is 24.3 Å². The Morgan fingerprint density at radius 1 is 1.40 bits per heavy atom. The summed E-state index contributed by atoms with van der Waals surface area (Å²) in [5.41, 5.74) is 5.62. The van der Waals surface area contributed by atoms with Gasteiger partial charge in [0.2, 0.25) is 11.8 Å². The molecule has 0 aliphatic heterocycles. The van der Waals surface area contributed by atoms with Crippen molar-refractivity contribution in [2.45, 2.75) is 26.8 Å². The van der Waals surface area contributed by atoms with E-state index in [1.165, 1.54) is 0 Å². The van der Waals surface area contributed by atoms with Crippen molar-refractivity contribution in [3.63, 3.8) is 0 Å². The van der Waals surface area contributed by atoms with Gasteiger partial charge in [-0.3, -0.25) is 9.59 Å². The Labute approximate surface area is 91.0 Å². The average Bonchev–Trinajstić information content (AvgIpc) is 2.22. The Kier molecular flexibility index (Phi) is 5.93. The molecule has 88 valence electrons. The number of nitrogens with two attached hydrogens (primary N) is 1. The lowest BCUT2D eigenvalue weighted by molar-refractivity contribution is -0.132. The zero-order valence-electron chi connectivity index (χ0n) is 9.91. The summed E-state index contributed by atoms with van der Waals surface area (Å²) in [5.74, 6) is -0.311. The second-order valence-electron chi connectivity index (χ2n) is 3.90.